The quantitative estimate of drug-likeness (QED) is 0.755. The Bertz CT molecular complexity index is 728. The van der Waals surface area contributed by atoms with Crippen LogP contribution in [-0.4, -0.2) is 28.0 Å². The van der Waals surface area contributed by atoms with E-state index in [9.17, 15) is 14.0 Å². The zero-order valence-corrected chi connectivity index (χ0v) is 15.0. The van der Waals surface area contributed by atoms with Gasteiger partial charge in [0.25, 0.3) is 0 Å². The van der Waals surface area contributed by atoms with E-state index >= 15 is 0 Å². The van der Waals surface area contributed by atoms with Gasteiger partial charge in [-0.3, -0.25) is 4.79 Å². The van der Waals surface area contributed by atoms with Gasteiger partial charge in [-0.05, 0) is 30.0 Å². The van der Waals surface area contributed by atoms with Crippen LogP contribution in [0.2, 0.25) is 0 Å². The molecule has 134 valence electrons. The maximum absolute atomic E-state index is 12.9. The Morgan fingerprint density at radius 2 is 1.96 bits per heavy atom. The van der Waals surface area contributed by atoms with Gasteiger partial charge < -0.3 is 10.4 Å². The van der Waals surface area contributed by atoms with Crippen LogP contribution in [0.3, 0.4) is 0 Å². The number of benzene rings is 1. The molecule has 1 atom stereocenters. The molecule has 7 heteroatoms. The number of hydrogen-bond acceptors (Lipinski definition) is 4. The van der Waals surface area contributed by atoms with Gasteiger partial charge in [0.1, 0.15) is 11.9 Å². The predicted octanol–water partition coefficient (Wildman–Crippen LogP) is 3.03. The molecule has 0 aliphatic rings. The highest BCUT2D eigenvalue weighted by Crippen LogP contribution is 2.16. The molecule has 0 saturated carbocycles. The number of rotatable bonds is 8. The van der Waals surface area contributed by atoms with Crippen LogP contribution in [0.4, 0.5) is 4.39 Å². The third-order valence-corrected chi connectivity index (χ3v) is 4.45. The normalized spacial score (nSPS) is 12.2. The molecule has 1 amide bonds. The molecule has 0 bridgehead atoms. The highest BCUT2D eigenvalue weighted by atomic mass is 32.1. The van der Waals surface area contributed by atoms with Crippen molar-refractivity contribution >= 4 is 23.2 Å². The number of amides is 1. The molecule has 0 saturated heterocycles. The second-order valence-electron chi connectivity index (χ2n) is 6.30. The topological polar surface area (TPSA) is 79.3 Å². The number of halogens is 1. The fourth-order valence-electron chi connectivity index (χ4n) is 2.39. The van der Waals surface area contributed by atoms with Crippen LogP contribution < -0.4 is 5.32 Å². The molecule has 2 N–H and O–H groups in total. The van der Waals surface area contributed by atoms with Gasteiger partial charge in [0.05, 0.1) is 17.1 Å². The van der Waals surface area contributed by atoms with E-state index in [4.69, 9.17) is 5.11 Å². The second-order valence-corrected chi connectivity index (χ2v) is 7.24. The van der Waals surface area contributed by atoms with Crippen molar-refractivity contribution in [3.05, 3.63) is 51.7 Å². The molecule has 2 aromatic rings. The van der Waals surface area contributed by atoms with Gasteiger partial charge in [-0.2, -0.15) is 0 Å². The lowest BCUT2D eigenvalue weighted by Crippen LogP contribution is -2.42. The number of aromatic nitrogens is 1. The van der Waals surface area contributed by atoms with Crippen LogP contribution >= 0.6 is 11.3 Å². The lowest BCUT2D eigenvalue weighted by Gasteiger charge is -2.16. The highest BCUT2D eigenvalue weighted by Gasteiger charge is 2.21. The molecule has 1 heterocycles. The molecule has 5 nitrogen and oxygen atoms in total. The first-order chi connectivity index (χ1) is 11.8. The first kappa shape index (κ1) is 19.1. The summed E-state index contributed by atoms with van der Waals surface area (Å²) in [5.74, 6) is -1.50. The third kappa shape index (κ3) is 6.26. The van der Waals surface area contributed by atoms with E-state index in [1.54, 1.807) is 17.5 Å². The molecule has 0 aliphatic carbocycles. The van der Waals surface area contributed by atoms with Crippen molar-refractivity contribution in [1.82, 2.24) is 10.3 Å². The van der Waals surface area contributed by atoms with Crippen molar-refractivity contribution in [2.45, 2.75) is 39.2 Å². The summed E-state index contributed by atoms with van der Waals surface area (Å²) in [5, 5.41) is 14.3. The summed E-state index contributed by atoms with van der Waals surface area (Å²) < 4.78 is 12.9. The average Bonchev–Trinajstić information content (AvgIpc) is 2.95. The van der Waals surface area contributed by atoms with E-state index in [1.807, 2.05) is 13.8 Å². The molecule has 0 aliphatic heterocycles. The number of aliphatic carboxylic acids is 1. The summed E-state index contributed by atoms with van der Waals surface area (Å²) in [6.45, 7) is 3.81. The van der Waals surface area contributed by atoms with E-state index in [2.05, 4.69) is 10.3 Å². The lowest BCUT2D eigenvalue weighted by molar-refractivity contribution is -0.142. The summed E-state index contributed by atoms with van der Waals surface area (Å²) >= 11 is 1.43. The maximum atomic E-state index is 12.9. The van der Waals surface area contributed by atoms with Crippen molar-refractivity contribution in [2.24, 2.45) is 5.92 Å². The minimum absolute atomic E-state index is 0.0434. The number of carboxylic acids is 1. The second kappa shape index (κ2) is 8.71. The number of carbonyl (C=O) groups is 2. The van der Waals surface area contributed by atoms with E-state index in [0.717, 1.165) is 10.6 Å². The molecule has 0 radical (unpaired) electrons. The lowest BCUT2D eigenvalue weighted by atomic mass is 10.0. The van der Waals surface area contributed by atoms with Crippen LogP contribution in [0, 0.1) is 11.7 Å². The third-order valence-electron chi connectivity index (χ3n) is 3.55. The van der Waals surface area contributed by atoms with Gasteiger partial charge >= 0.3 is 5.97 Å². The number of nitrogens with zero attached hydrogens (tertiary/aromatic N) is 1. The molecular weight excluding hydrogens is 343 g/mol. The maximum Gasteiger partial charge on any atom is 0.326 e. The number of carboxylic acid groups (broad SMARTS) is 1. The van der Waals surface area contributed by atoms with E-state index in [0.29, 0.717) is 18.5 Å². The largest absolute Gasteiger partial charge is 0.480 e. The molecular formula is C18H21FN2O3S. The first-order valence-corrected chi connectivity index (χ1v) is 8.91. The minimum atomic E-state index is -1.03. The average molecular weight is 364 g/mol. The number of hydrogen-bond donors (Lipinski definition) is 2. The van der Waals surface area contributed by atoms with Crippen LogP contribution in [0.15, 0.2) is 29.6 Å². The highest BCUT2D eigenvalue weighted by molar-refractivity contribution is 7.09. The molecule has 2 rings (SSSR count). The predicted molar refractivity (Wildman–Crippen MR) is 94.0 cm³/mol. The summed E-state index contributed by atoms with van der Waals surface area (Å²) in [6, 6.07) is 5.32. The van der Waals surface area contributed by atoms with Crippen LogP contribution in [0.1, 0.15) is 36.5 Å². The van der Waals surface area contributed by atoms with Gasteiger partial charge in [0.15, 0.2) is 0 Å². The zero-order chi connectivity index (χ0) is 18.4. The Balaban J connectivity index is 1.92. The summed E-state index contributed by atoms with van der Waals surface area (Å²) in [5.41, 5.74) is 1.54. The molecule has 0 unspecified atom stereocenters. The van der Waals surface area contributed by atoms with Gasteiger partial charge in [0, 0.05) is 11.8 Å². The van der Waals surface area contributed by atoms with E-state index in [-0.39, 0.29) is 24.1 Å². The minimum Gasteiger partial charge on any atom is -0.480 e. The van der Waals surface area contributed by atoms with E-state index < -0.39 is 12.0 Å². The monoisotopic (exact) mass is 364 g/mol. The van der Waals surface area contributed by atoms with Gasteiger partial charge in [-0.1, -0.05) is 26.0 Å². The number of carbonyl (C=O) groups excluding carboxylic acids is 1. The fraction of sp³-hybridized carbons (Fsp3) is 0.389. The Morgan fingerprint density at radius 1 is 1.28 bits per heavy atom. The van der Waals surface area contributed by atoms with Gasteiger partial charge in [-0.25, -0.2) is 14.2 Å². The van der Waals surface area contributed by atoms with Crippen LogP contribution in [0.25, 0.3) is 0 Å². The molecule has 1 aromatic carbocycles. The Kier molecular flexibility index (Phi) is 6.64. The molecule has 1 aromatic heterocycles. The molecule has 0 fully saturated rings. The Morgan fingerprint density at radius 3 is 2.56 bits per heavy atom. The zero-order valence-electron chi connectivity index (χ0n) is 14.2. The van der Waals surface area contributed by atoms with Crippen molar-refractivity contribution in [2.75, 3.05) is 0 Å². The van der Waals surface area contributed by atoms with Crippen LogP contribution in [-0.2, 0) is 22.4 Å². The summed E-state index contributed by atoms with van der Waals surface area (Å²) in [7, 11) is 0. The van der Waals surface area contributed by atoms with Crippen molar-refractivity contribution < 1.29 is 19.1 Å². The van der Waals surface area contributed by atoms with Crippen molar-refractivity contribution in [1.29, 1.82) is 0 Å². The van der Waals surface area contributed by atoms with Crippen molar-refractivity contribution in [3.63, 3.8) is 0 Å². The van der Waals surface area contributed by atoms with Gasteiger partial charge in [-0.15, -0.1) is 11.3 Å². The number of nitrogens with one attached hydrogen (secondary N) is 1. The van der Waals surface area contributed by atoms with Crippen molar-refractivity contribution in [3.8, 4) is 0 Å². The SMILES string of the molecule is CC(C)C[C@H](NC(=O)Cc1csc(Cc2ccc(F)cc2)n1)C(=O)O. The molecule has 25 heavy (non-hydrogen) atoms. The fourth-order valence-corrected chi connectivity index (χ4v) is 3.22. The first-order valence-electron chi connectivity index (χ1n) is 8.03. The van der Waals surface area contributed by atoms with Crippen LogP contribution in [0.5, 0.6) is 0 Å². The number of thiazole rings is 1. The van der Waals surface area contributed by atoms with E-state index in [1.165, 1.54) is 23.5 Å². The van der Waals surface area contributed by atoms with Gasteiger partial charge in [0.2, 0.25) is 5.91 Å². The smallest absolute Gasteiger partial charge is 0.326 e. The Hall–Kier alpha value is -2.28. The summed E-state index contributed by atoms with van der Waals surface area (Å²) in [6.07, 6.45) is 0.993. The molecule has 0 spiro atoms. The summed E-state index contributed by atoms with van der Waals surface area (Å²) in [4.78, 5) is 27.7. The standard InChI is InChI=1S/C18H21FN2O3S/c1-11(2)7-15(18(23)24)21-16(22)9-14-10-25-17(20-14)8-12-3-5-13(19)6-4-12/h3-6,10-11,15H,7-9H2,1-2H3,(H,21,22)(H,23,24)/t15-/m0/s1. The Labute approximate surface area is 149 Å².